The summed E-state index contributed by atoms with van der Waals surface area (Å²) in [5.74, 6) is 1.11. The lowest BCUT2D eigenvalue weighted by atomic mass is 9.95. The van der Waals surface area contributed by atoms with Gasteiger partial charge in [-0.05, 0) is 38.3 Å². The van der Waals surface area contributed by atoms with E-state index >= 15 is 0 Å². The van der Waals surface area contributed by atoms with Crippen LogP contribution >= 0.6 is 0 Å². The fourth-order valence-corrected chi connectivity index (χ4v) is 5.14. The molecule has 174 valence electrons. The van der Waals surface area contributed by atoms with Crippen molar-refractivity contribution in [3.05, 3.63) is 76.5 Å². The van der Waals surface area contributed by atoms with E-state index < -0.39 is 15.6 Å². The largest absolute Gasteiger partial charge is 0.361 e. The van der Waals surface area contributed by atoms with Gasteiger partial charge < -0.3 is 14.0 Å². The molecular weight excluding hydrogens is 440 g/mol. The number of aryl methyl sites for hydroxylation is 2. The Labute approximate surface area is 193 Å². The molecule has 0 spiro atoms. The molecule has 1 saturated heterocycles. The summed E-state index contributed by atoms with van der Waals surface area (Å²) >= 11 is 0. The van der Waals surface area contributed by atoms with Crippen molar-refractivity contribution < 1.29 is 17.7 Å². The average Bonchev–Trinajstić information content (AvgIpc) is 3.40. The zero-order valence-corrected chi connectivity index (χ0v) is 19.7. The van der Waals surface area contributed by atoms with E-state index in [0.717, 1.165) is 46.7 Å². The van der Waals surface area contributed by atoms with Gasteiger partial charge in [0, 0.05) is 42.4 Å². The second-order valence-electron chi connectivity index (χ2n) is 8.39. The Kier molecular flexibility index (Phi) is 6.78. The number of carbonyl (C=O) groups is 1. The van der Waals surface area contributed by atoms with E-state index in [0.29, 0.717) is 19.6 Å². The summed E-state index contributed by atoms with van der Waals surface area (Å²) in [7, 11) is -3.63. The predicted octanol–water partition coefficient (Wildman–Crippen LogP) is 3.33. The number of likely N-dealkylation sites (tertiary alicyclic amines) is 1. The van der Waals surface area contributed by atoms with E-state index in [9.17, 15) is 13.2 Å². The third-order valence-electron chi connectivity index (χ3n) is 6.06. The second kappa shape index (κ2) is 9.74. The summed E-state index contributed by atoms with van der Waals surface area (Å²) in [6, 6.07) is 9.16. The van der Waals surface area contributed by atoms with Gasteiger partial charge in [-0.2, -0.15) is 0 Å². The molecule has 0 N–H and O–H groups in total. The maximum Gasteiger partial charge on any atom is 0.238 e. The van der Waals surface area contributed by atoms with Crippen LogP contribution in [0.15, 0.2) is 52.7 Å². The van der Waals surface area contributed by atoms with E-state index in [4.69, 9.17) is 4.52 Å². The van der Waals surface area contributed by atoms with Crippen LogP contribution in [-0.4, -0.2) is 52.8 Å². The van der Waals surface area contributed by atoms with Crippen LogP contribution in [-0.2, 0) is 21.2 Å². The SMILES string of the molecule is Cc1noc(C)c1Cn1ccnc1C1CCN(C(=O)CS(=O)(=O)C=Cc2ccccc2)CC1. The highest BCUT2D eigenvalue weighted by molar-refractivity contribution is 7.95. The normalized spacial score (nSPS) is 15.4. The molecule has 8 nitrogen and oxygen atoms in total. The Morgan fingerprint density at radius 3 is 2.58 bits per heavy atom. The van der Waals surface area contributed by atoms with Gasteiger partial charge in [0.05, 0.1) is 12.2 Å². The lowest BCUT2D eigenvalue weighted by Crippen LogP contribution is -2.41. The summed E-state index contributed by atoms with van der Waals surface area (Å²) in [4.78, 5) is 18.9. The fraction of sp³-hybridized carbons (Fsp3) is 0.375. The van der Waals surface area contributed by atoms with E-state index in [1.54, 1.807) is 11.1 Å². The van der Waals surface area contributed by atoms with E-state index in [-0.39, 0.29) is 11.8 Å². The Balaban J connectivity index is 1.34. The number of benzene rings is 1. The summed E-state index contributed by atoms with van der Waals surface area (Å²) in [5.41, 5.74) is 2.70. The minimum Gasteiger partial charge on any atom is -0.361 e. The predicted molar refractivity (Wildman–Crippen MR) is 125 cm³/mol. The van der Waals surface area contributed by atoms with Crippen molar-refractivity contribution in [3.63, 3.8) is 0 Å². The number of hydrogen-bond donors (Lipinski definition) is 0. The number of rotatable bonds is 7. The standard InChI is InChI=1S/C24H28N4O4S/c1-18-22(19(2)32-26-18)16-28-14-11-25-24(28)21-8-12-27(13-9-21)23(29)17-33(30,31)15-10-20-6-4-3-5-7-20/h3-7,10-11,14-15,21H,8-9,12-13,16-17H2,1-2H3. The zero-order valence-electron chi connectivity index (χ0n) is 18.8. The number of imidazole rings is 1. The van der Waals surface area contributed by atoms with Crippen LogP contribution in [0.1, 0.15) is 47.2 Å². The fourth-order valence-electron chi connectivity index (χ4n) is 4.16. The maximum atomic E-state index is 12.6. The highest BCUT2D eigenvalue weighted by Gasteiger charge is 2.28. The van der Waals surface area contributed by atoms with Gasteiger partial charge in [-0.3, -0.25) is 4.79 Å². The van der Waals surface area contributed by atoms with E-state index in [2.05, 4.69) is 14.7 Å². The number of amides is 1. The first-order valence-electron chi connectivity index (χ1n) is 11.0. The van der Waals surface area contributed by atoms with Crippen LogP contribution < -0.4 is 0 Å². The molecule has 0 atom stereocenters. The second-order valence-corrected chi connectivity index (χ2v) is 10.3. The molecule has 1 aliphatic rings. The summed E-state index contributed by atoms with van der Waals surface area (Å²) < 4.78 is 32.2. The molecule has 3 heterocycles. The minimum atomic E-state index is -3.63. The number of carbonyl (C=O) groups excluding carboxylic acids is 1. The third-order valence-corrected chi connectivity index (χ3v) is 7.26. The van der Waals surface area contributed by atoms with Gasteiger partial charge in [0.1, 0.15) is 17.3 Å². The van der Waals surface area contributed by atoms with Gasteiger partial charge in [0.15, 0.2) is 9.84 Å². The maximum absolute atomic E-state index is 12.6. The molecule has 0 bridgehead atoms. The van der Waals surface area contributed by atoms with Crippen LogP contribution in [0.2, 0.25) is 0 Å². The van der Waals surface area contributed by atoms with Crippen molar-refractivity contribution in [2.24, 2.45) is 0 Å². The highest BCUT2D eigenvalue weighted by Crippen LogP contribution is 2.28. The average molecular weight is 469 g/mol. The monoisotopic (exact) mass is 468 g/mol. The Bertz CT molecular complexity index is 1220. The number of nitrogens with zero attached hydrogens (tertiary/aromatic N) is 4. The van der Waals surface area contributed by atoms with Crippen LogP contribution in [0.5, 0.6) is 0 Å². The van der Waals surface area contributed by atoms with Crippen molar-refractivity contribution in [1.29, 1.82) is 0 Å². The van der Waals surface area contributed by atoms with Crippen molar-refractivity contribution in [3.8, 4) is 0 Å². The molecule has 3 aromatic rings. The molecule has 33 heavy (non-hydrogen) atoms. The van der Waals surface area contributed by atoms with Gasteiger partial charge in [-0.25, -0.2) is 13.4 Å². The molecule has 0 unspecified atom stereocenters. The third kappa shape index (κ3) is 5.60. The molecule has 0 radical (unpaired) electrons. The first-order chi connectivity index (χ1) is 15.8. The van der Waals surface area contributed by atoms with Gasteiger partial charge in [0.25, 0.3) is 0 Å². The molecule has 4 rings (SSSR count). The molecule has 2 aromatic heterocycles. The highest BCUT2D eigenvalue weighted by atomic mass is 32.2. The zero-order chi connectivity index (χ0) is 23.4. The topological polar surface area (TPSA) is 98.3 Å². The van der Waals surface area contributed by atoms with Crippen LogP contribution in [0.3, 0.4) is 0 Å². The quantitative estimate of drug-likeness (QED) is 0.528. The number of aromatic nitrogens is 3. The van der Waals surface area contributed by atoms with Gasteiger partial charge in [-0.15, -0.1) is 0 Å². The molecular formula is C24H28N4O4S. The minimum absolute atomic E-state index is 0.208. The molecule has 1 amide bonds. The van der Waals surface area contributed by atoms with Crippen LogP contribution in [0.4, 0.5) is 0 Å². The molecule has 1 aromatic carbocycles. The lowest BCUT2D eigenvalue weighted by Gasteiger charge is -2.31. The molecule has 9 heteroatoms. The first-order valence-corrected chi connectivity index (χ1v) is 12.7. The van der Waals surface area contributed by atoms with E-state index in [1.807, 2.05) is 50.4 Å². The van der Waals surface area contributed by atoms with Crippen molar-refractivity contribution in [2.45, 2.75) is 39.2 Å². The number of sulfone groups is 1. The van der Waals surface area contributed by atoms with Gasteiger partial charge in [0.2, 0.25) is 5.91 Å². The first kappa shape index (κ1) is 23.0. The van der Waals surface area contributed by atoms with Crippen molar-refractivity contribution >= 4 is 21.8 Å². The smallest absolute Gasteiger partial charge is 0.238 e. The summed E-state index contributed by atoms with van der Waals surface area (Å²) in [6.45, 7) is 5.50. The number of piperidine rings is 1. The summed E-state index contributed by atoms with van der Waals surface area (Å²) in [5, 5.41) is 5.14. The van der Waals surface area contributed by atoms with E-state index in [1.165, 1.54) is 6.08 Å². The van der Waals surface area contributed by atoms with Crippen molar-refractivity contribution in [2.75, 3.05) is 18.8 Å². The molecule has 1 aliphatic heterocycles. The van der Waals surface area contributed by atoms with Gasteiger partial charge >= 0.3 is 0 Å². The lowest BCUT2D eigenvalue weighted by molar-refractivity contribution is -0.129. The molecule has 1 fully saturated rings. The Hall–Kier alpha value is -3.20. The van der Waals surface area contributed by atoms with Crippen LogP contribution in [0, 0.1) is 13.8 Å². The van der Waals surface area contributed by atoms with Gasteiger partial charge in [-0.1, -0.05) is 35.5 Å². The Morgan fingerprint density at radius 2 is 1.91 bits per heavy atom. The molecule has 0 aliphatic carbocycles. The number of hydrogen-bond acceptors (Lipinski definition) is 6. The summed E-state index contributed by atoms with van der Waals surface area (Å²) in [6.07, 6.45) is 6.74. The van der Waals surface area contributed by atoms with Crippen LogP contribution in [0.25, 0.3) is 6.08 Å². The van der Waals surface area contributed by atoms with Crippen molar-refractivity contribution in [1.82, 2.24) is 19.6 Å². The molecule has 0 saturated carbocycles. The Morgan fingerprint density at radius 1 is 1.18 bits per heavy atom.